The zero-order valence-corrected chi connectivity index (χ0v) is 11.4. The minimum absolute atomic E-state index is 0.657. The quantitative estimate of drug-likeness (QED) is 0.811. The van der Waals surface area contributed by atoms with Crippen LogP contribution >= 0.6 is 27.5 Å². The molecule has 0 heterocycles. The topological polar surface area (TPSA) is 21.3 Å². The third-order valence-corrected chi connectivity index (χ3v) is 3.27. The van der Waals surface area contributed by atoms with Crippen molar-refractivity contribution in [3.63, 3.8) is 0 Å². The number of halogens is 2. The zero-order chi connectivity index (χ0) is 11.4. The van der Waals surface area contributed by atoms with Crippen molar-refractivity contribution in [2.45, 2.75) is 25.3 Å². The summed E-state index contributed by atoms with van der Waals surface area (Å²) < 4.78 is 6.57. The molecule has 4 heteroatoms. The molecule has 1 aliphatic rings. The molecule has 0 amide bonds. The van der Waals surface area contributed by atoms with Gasteiger partial charge in [-0.2, -0.15) is 0 Å². The Hall–Kier alpha value is -0.250. The van der Waals surface area contributed by atoms with E-state index < -0.39 is 0 Å². The van der Waals surface area contributed by atoms with Crippen molar-refractivity contribution in [2.24, 2.45) is 0 Å². The fourth-order valence-corrected chi connectivity index (χ4v) is 2.17. The minimum atomic E-state index is 0.657. The first-order chi connectivity index (χ1) is 7.75. The molecule has 0 unspecified atom stereocenters. The molecule has 2 nitrogen and oxygen atoms in total. The molecule has 16 heavy (non-hydrogen) atoms. The lowest BCUT2D eigenvalue weighted by Gasteiger charge is -2.08. The van der Waals surface area contributed by atoms with Gasteiger partial charge in [-0.25, -0.2) is 0 Å². The van der Waals surface area contributed by atoms with E-state index in [2.05, 4.69) is 21.2 Å². The summed E-state index contributed by atoms with van der Waals surface area (Å²) in [5, 5.41) is 4.10. The van der Waals surface area contributed by atoms with E-state index >= 15 is 0 Å². The molecular formula is C12H15BrClNO. The summed E-state index contributed by atoms with van der Waals surface area (Å²) >= 11 is 9.39. The largest absolute Gasteiger partial charge is 0.492 e. The molecular weight excluding hydrogens is 289 g/mol. The van der Waals surface area contributed by atoms with Crippen LogP contribution in [-0.4, -0.2) is 19.2 Å². The molecule has 1 aromatic rings. The average molecular weight is 305 g/mol. The summed E-state index contributed by atoms with van der Waals surface area (Å²) in [5.74, 6) is 0.760. The van der Waals surface area contributed by atoms with E-state index in [0.717, 1.165) is 29.2 Å². The number of rotatable bonds is 6. The lowest BCUT2D eigenvalue weighted by atomic mass is 10.3. The maximum absolute atomic E-state index is 6.03. The molecule has 1 aliphatic carbocycles. The molecule has 1 N–H and O–H groups in total. The zero-order valence-electron chi connectivity index (χ0n) is 9.01. The molecule has 0 atom stereocenters. The smallest absolute Gasteiger partial charge is 0.137 e. The second kappa shape index (κ2) is 5.89. The van der Waals surface area contributed by atoms with E-state index in [1.165, 1.54) is 12.8 Å². The first kappa shape index (κ1) is 12.2. The van der Waals surface area contributed by atoms with E-state index in [1.54, 1.807) is 0 Å². The van der Waals surface area contributed by atoms with Gasteiger partial charge in [0.2, 0.25) is 0 Å². The second-order valence-corrected chi connectivity index (χ2v) is 5.33. The Kier molecular flexibility index (Phi) is 4.50. The van der Waals surface area contributed by atoms with Crippen molar-refractivity contribution in [3.05, 3.63) is 27.7 Å². The standard InChI is InChI=1S/C12H15BrClNO/c13-9-2-5-12(11(14)8-9)16-7-1-6-15-10-3-4-10/h2,5,8,10,15H,1,3-4,6-7H2. The second-order valence-electron chi connectivity index (χ2n) is 4.01. The number of nitrogens with one attached hydrogen (secondary N) is 1. The molecule has 88 valence electrons. The predicted molar refractivity (Wildman–Crippen MR) is 70.3 cm³/mol. The van der Waals surface area contributed by atoms with Crippen LogP contribution in [0.1, 0.15) is 19.3 Å². The van der Waals surface area contributed by atoms with Crippen molar-refractivity contribution in [1.29, 1.82) is 0 Å². The van der Waals surface area contributed by atoms with E-state index in [0.29, 0.717) is 11.6 Å². The van der Waals surface area contributed by atoms with Crippen LogP contribution in [0.15, 0.2) is 22.7 Å². The van der Waals surface area contributed by atoms with Crippen LogP contribution in [0.4, 0.5) is 0 Å². The van der Waals surface area contributed by atoms with E-state index in [9.17, 15) is 0 Å². The van der Waals surface area contributed by atoms with Gasteiger partial charge in [0.05, 0.1) is 11.6 Å². The van der Waals surface area contributed by atoms with Gasteiger partial charge < -0.3 is 10.1 Å². The fraction of sp³-hybridized carbons (Fsp3) is 0.500. The predicted octanol–water partition coefficient (Wildman–Crippen LogP) is 3.62. The number of hydrogen-bond acceptors (Lipinski definition) is 2. The molecule has 0 bridgehead atoms. The van der Waals surface area contributed by atoms with Crippen molar-refractivity contribution >= 4 is 27.5 Å². The number of ether oxygens (including phenoxy) is 1. The highest BCUT2D eigenvalue weighted by Crippen LogP contribution is 2.27. The number of hydrogen-bond donors (Lipinski definition) is 1. The Bertz CT molecular complexity index is 355. The summed E-state index contributed by atoms with van der Waals surface area (Å²) in [5.41, 5.74) is 0. The molecule has 1 fully saturated rings. The Morgan fingerprint density at radius 2 is 2.25 bits per heavy atom. The molecule has 0 saturated heterocycles. The van der Waals surface area contributed by atoms with E-state index in [1.807, 2.05) is 18.2 Å². The third kappa shape index (κ3) is 3.96. The van der Waals surface area contributed by atoms with Crippen LogP contribution in [0.5, 0.6) is 5.75 Å². The Morgan fingerprint density at radius 1 is 1.44 bits per heavy atom. The van der Waals surface area contributed by atoms with Crippen molar-refractivity contribution in [3.8, 4) is 5.75 Å². The van der Waals surface area contributed by atoms with Crippen LogP contribution in [0, 0.1) is 0 Å². The highest BCUT2D eigenvalue weighted by atomic mass is 79.9. The van der Waals surface area contributed by atoms with Gasteiger partial charge in [-0.1, -0.05) is 27.5 Å². The lowest BCUT2D eigenvalue weighted by Crippen LogP contribution is -2.19. The van der Waals surface area contributed by atoms with Crippen molar-refractivity contribution < 1.29 is 4.74 Å². The third-order valence-electron chi connectivity index (χ3n) is 2.48. The first-order valence-corrected chi connectivity index (χ1v) is 6.74. The Balaban J connectivity index is 1.67. The van der Waals surface area contributed by atoms with Gasteiger partial charge in [-0.05, 0) is 44.0 Å². The van der Waals surface area contributed by atoms with Crippen LogP contribution in [0.2, 0.25) is 5.02 Å². The van der Waals surface area contributed by atoms with Gasteiger partial charge >= 0.3 is 0 Å². The van der Waals surface area contributed by atoms with Gasteiger partial charge in [-0.3, -0.25) is 0 Å². The Morgan fingerprint density at radius 3 is 2.94 bits per heavy atom. The van der Waals surface area contributed by atoms with Crippen LogP contribution in [0.25, 0.3) is 0 Å². The molecule has 1 aromatic carbocycles. The first-order valence-electron chi connectivity index (χ1n) is 5.57. The van der Waals surface area contributed by atoms with Gasteiger partial charge in [-0.15, -0.1) is 0 Å². The highest BCUT2D eigenvalue weighted by Gasteiger charge is 2.19. The van der Waals surface area contributed by atoms with E-state index in [-0.39, 0.29) is 0 Å². The van der Waals surface area contributed by atoms with Crippen LogP contribution in [0.3, 0.4) is 0 Å². The maximum atomic E-state index is 6.03. The van der Waals surface area contributed by atoms with Gasteiger partial charge in [0, 0.05) is 10.5 Å². The molecule has 0 aromatic heterocycles. The summed E-state index contributed by atoms with van der Waals surface area (Å²) in [6, 6.07) is 6.44. The van der Waals surface area contributed by atoms with Crippen molar-refractivity contribution in [1.82, 2.24) is 5.32 Å². The van der Waals surface area contributed by atoms with Crippen molar-refractivity contribution in [2.75, 3.05) is 13.2 Å². The highest BCUT2D eigenvalue weighted by molar-refractivity contribution is 9.10. The summed E-state index contributed by atoms with van der Waals surface area (Å²) in [7, 11) is 0. The summed E-state index contributed by atoms with van der Waals surface area (Å²) in [6.07, 6.45) is 3.68. The monoisotopic (exact) mass is 303 g/mol. The van der Waals surface area contributed by atoms with E-state index in [4.69, 9.17) is 16.3 Å². The molecule has 0 spiro atoms. The van der Waals surface area contributed by atoms with Gasteiger partial charge in [0.25, 0.3) is 0 Å². The minimum Gasteiger partial charge on any atom is -0.492 e. The summed E-state index contributed by atoms with van der Waals surface area (Å²) in [4.78, 5) is 0. The lowest BCUT2D eigenvalue weighted by molar-refractivity contribution is 0.308. The molecule has 0 aliphatic heterocycles. The normalized spacial score (nSPS) is 15.1. The average Bonchev–Trinajstić information content (AvgIpc) is 3.04. The van der Waals surface area contributed by atoms with Gasteiger partial charge in [0.15, 0.2) is 0 Å². The Labute approximate surface area is 109 Å². The molecule has 1 saturated carbocycles. The SMILES string of the molecule is Clc1cc(Br)ccc1OCCCNC1CC1. The molecule has 0 radical (unpaired) electrons. The number of benzene rings is 1. The fourth-order valence-electron chi connectivity index (χ4n) is 1.44. The maximum Gasteiger partial charge on any atom is 0.137 e. The summed E-state index contributed by atoms with van der Waals surface area (Å²) in [6.45, 7) is 1.74. The molecule has 2 rings (SSSR count). The van der Waals surface area contributed by atoms with Crippen LogP contribution < -0.4 is 10.1 Å². The van der Waals surface area contributed by atoms with Crippen LogP contribution in [-0.2, 0) is 0 Å². The van der Waals surface area contributed by atoms with Gasteiger partial charge in [0.1, 0.15) is 5.75 Å².